The second kappa shape index (κ2) is 7.04. The molecule has 2 aromatic carbocycles. The number of carbonyl (C=O) groups excluding carboxylic acids is 2. The highest BCUT2D eigenvalue weighted by atomic mass is 16.2. The van der Waals surface area contributed by atoms with Gasteiger partial charge in [-0.1, -0.05) is 39.0 Å². The van der Waals surface area contributed by atoms with Gasteiger partial charge in [-0.3, -0.25) is 9.59 Å². The summed E-state index contributed by atoms with van der Waals surface area (Å²) in [6.45, 7) is 6.07. The van der Waals surface area contributed by atoms with Crippen molar-refractivity contribution in [2.75, 3.05) is 10.6 Å². The monoisotopic (exact) mass is 348 g/mol. The Bertz CT molecular complexity index is 865. The first kappa shape index (κ1) is 17.7. The predicted octanol–water partition coefficient (Wildman–Crippen LogP) is 4.29. The summed E-state index contributed by atoms with van der Waals surface area (Å²) >= 11 is 0. The van der Waals surface area contributed by atoms with E-state index in [4.69, 9.17) is 0 Å². The molecule has 0 aromatic heterocycles. The van der Waals surface area contributed by atoms with Crippen LogP contribution in [0.5, 0.6) is 0 Å². The Morgan fingerprint density at radius 2 is 1.69 bits per heavy atom. The van der Waals surface area contributed by atoms with Gasteiger partial charge in [-0.15, -0.1) is 0 Å². The third kappa shape index (κ3) is 4.51. The van der Waals surface area contributed by atoms with Crippen LogP contribution in [0.1, 0.15) is 32.8 Å². The summed E-state index contributed by atoms with van der Waals surface area (Å²) in [6, 6.07) is 14.7. The number of para-hydroxylation sites is 1. The number of benzene rings is 2. The first-order chi connectivity index (χ1) is 12.3. The second-order valence-corrected chi connectivity index (χ2v) is 7.52. The van der Waals surface area contributed by atoms with Crippen LogP contribution in [-0.4, -0.2) is 11.8 Å². The van der Waals surface area contributed by atoms with Gasteiger partial charge in [0.05, 0.1) is 5.69 Å². The van der Waals surface area contributed by atoms with Crippen molar-refractivity contribution in [3.8, 4) is 0 Å². The summed E-state index contributed by atoms with van der Waals surface area (Å²) < 4.78 is 0. The molecule has 0 unspecified atom stereocenters. The number of rotatable bonds is 4. The summed E-state index contributed by atoms with van der Waals surface area (Å²) in [5.41, 5.74) is 3.24. The second-order valence-electron chi connectivity index (χ2n) is 7.52. The standard InChI is InChI=1S/C21H22N3O2/c1-21(2,3)13-19(25)22-16-9-10-17-14(11-16)12-18(24-17)20(26)23-15-7-5-4-6-8-15/h4-12H,13H2,1-3H3,(H,22,25)(H,23,26). The van der Waals surface area contributed by atoms with Crippen molar-refractivity contribution in [3.05, 3.63) is 59.8 Å². The van der Waals surface area contributed by atoms with Crippen LogP contribution in [0.25, 0.3) is 6.08 Å². The predicted molar refractivity (Wildman–Crippen MR) is 104 cm³/mol. The molecule has 0 spiro atoms. The number of carbonyl (C=O) groups is 2. The van der Waals surface area contributed by atoms with E-state index in [-0.39, 0.29) is 17.2 Å². The fourth-order valence-corrected chi connectivity index (χ4v) is 2.68. The minimum absolute atomic E-state index is 0.0293. The molecule has 0 aliphatic carbocycles. The van der Waals surface area contributed by atoms with Crippen molar-refractivity contribution in [3.63, 3.8) is 0 Å². The number of nitrogens with zero attached hydrogens (tertiary/aromatic N) is 1. The van der Waals surface area contributed by atoms with Crippen molar-refractivity contribution in [2.24, 2.45) is 5.41 Å². The number of nitrogens with one attached hydrogen (secondary N) is 2. The van der Waals surface area contributed by atoms with Gasteiger partial charge in [0.1, 0.15) is 5.70 Å². The van der Waals surface area contributed by atoms with E-state index < -0.39 is 0 Å². The van der Waals surface area contributed by atoms with Gasteiger partial charge < -0.3 is 10.6 Å². The van der Waals surface area contributed by atoms with Gasteiger partial charge in [0.15, 0.2) is 0 Å². The van der Waals surface area contributed by atoms with E-state index in [1.165, 1.54) is 0 Å². The average molecular weight is 348 g/mol. The maximum absolute atomic E-state index is 12.4. The lowest BCUT2D eigenvalue weighted by Gasteiger charge is -2.17. The molecule has 0 atom stereocenters. The van der Waals surface area contributed by atoms with E-state index in [1.807, 2.05) is 57.2 Å². The van der Waals surface area contributed by atoms with Gasteiger partial charge in [0.2, 0.25) is 5.91 Å². The molecule has 3 rings (SSSR count). The lowest BCUT2D eigenvalue weighted by molar-refractivity contribution is -0.117. The average Bonchev–Trinajstić information content (AvgIpc) is 2.97. The number of amides is 2. The summed E-state index contributed by atoms with van der Waals surface area (Å²) in [5, 5.41) is 10.1. The van der Waals surface area contributed by atoms with E-state index in [0.29, 0.717) is 17.8 Å². The molecule has 1 aliphatic rings. The highest BCUT2D eigenvalue weighted by Crippen LogP contribution is 2.30. The largest absolute Gasteiger partial charge is 0.326 e. The van der Waals surface area contributed by atoms with E-state index in [0.717, 1.165) is 16.9 Å². The van der Waals surface area contributed by atoms with Crippen molar-refractivity contribution >= 4 is 35.0 Å². The van der Waals surface area contributed by atoms with Gasteiger partial charge in [0.25, 0.3) is 5.91 Å². The Morgan fingerprint density at radius 3 is 2.38 bits per heavy atom. The van der Waals surface area contributed by atoms with E-state index in [2.05, 4.69) is 16.0 Å². The van der Waals surface area contributed by atoms with Crippen LogP contribution in [0.3, 0.4) is 0 Å². The van der Waals surface area contributed by atoms with Crippen LogP contribution in [0, 0.1) is 5.41 Å². The zero-order valence-electron chi connectivity index (χ0n) is 15.2. The highest BCUT2D eigenvalue weighted by Gasteiger charge is 2.21. The van der Waals surface area contributed by atoms with Crippen LogP contribution < -0.4 is 16.0 Å². The lowest BCUT2D eigenvalue weighted by Crippen LogP contribution is -2.19. The van der Waals surface area contributed by atoms with Crippen molar-refractivity contribution in [2.45, 2.75) is 27.2 Å². The molecule has 1 heterocycles. The Morgan fingerprint density at radius 1 is 0.962 bits per heavy atom. The molecule has 0 saturated carbocycles. The Labute approximate surface area is 153 Å². The van der Waals surface area contributed by atoms with Crippen molar-refractivity contribution < 1.29 is 9.59 Å². The summed E-state index contributed by atoms with van der Waals surface area (Å²) in [4.78, 5) is 24.4. The molecular weight excluding hydrogens is 326 g/mol. The van der Waals surface area contributed by atoms with Gasteiger partial charge >= 0.3 is 0 Å². The molecule has 133 valence electrons. The molecule has 0 bridgehead atoms. The van der Waals surface area contributed by atoms with Gasteiger partial charge in [-0.2, -0.15) is 0 Å². The first-order valence-corrected chi connectivity index (χ1v) is 8.54. The van der Waals surface area contributed by atoms with Crippen LogP contribution in [-0.2, 0) is 9.59 Å². The maximum atomic E-state index is 12.4. The fraction of sp³-hybridized carbons (Fsp3) is 0.238. The summed E-state index contributed by atoms with van der Waals surface area (Å²) in [7, 11) is 0. The number of fused-ring (bicyclic) bond motifs is 1. The Hall–Kier alpha value is -3.08. The fourth-order valence-electron chi connectivity index (χ4n) is 2.68. The minimum Gasteiger partial charge on any atom is -0.326 e. The molecule has 5 nitrogen and oxygen atoms in total. The lowest BCUT2D eigenvalue weighted by atomic mass is 9.92. The SMILES string of the molecule is CC(C)(C)CC(=O)Nc1ccc2c(c1)C=C(C(=O)Nc1ccccc1)[N]2. The van der Waals surface area contributed by atoms with Gasteiger partial charge in [0, 0.05) is 23.4 Å². The van der Waals surface area contributed by atoms with Crippen molar-refractivity contribution in [1.82, 2.24) is 5.32 Å². The zero-order chi connectivity index (χ0) is 18.7. The number of anilines is 2. The van der Waals surface area contributed by atoms with Crippen LogP contribution in [0.15, 0.2) is 54.2 Å². The Balaban J connectivity index is 1.68. The third-order valence-corrected chi connectivity index (χ3v) is 3.80. The third-order valence-electron chi connectivity index (χ3n) is 3.80. The minimum atomic E-state index is -0.259. The summed E-state index contributed by atoms with van der Waals surface area (Å²) in [6.07, 6.45) is 2.17. The molecule has 5 heteroatoms. The highest BCUT2D eigenvalue weighted by molar-refractivity contribution is 6.09. The molecular formula is C21H22N3O2. The molecule has 2 N–H and O–H groups in total. The molecule has 26 heavy (non-hydrogen) atoms. The molecule has 1 radical (unpaired) electrons. The topological polar surface area (TPSA) is 72.3 Å². The smallest absolute Gasteiger partial charge is 0.274 e. The summed E-state index contributed by atoms with van der Waals surface area (Å²) in [5.74, 6) is -0.288. The Kier molecular flexibility index (Phi) is 4.80. The molecule has 0 saturated heterocycles. The molecule has 2 amide bonds. The molecule has 2 aromatic rings. The molecule has 0 fully saturated rings. The first-order valence-electron chi connectivity index (χ1n) is 8.54. The van der Waals surface area contributed by atoms with Gasteiger partial charge in [-0.25, -0.2) is 5.32 Å². The normalized spacial score (nSPS) is 12.7. The van der Waals surface area contributed by atoms with Crippen LogP contribution in [0.2, 0.25) is 0 Å². The van der Waals surface area contributed by atoms with E-state index >= 15 is 0 Å². The van der Waals surface area contributed by atoms with E-state index in [9.17, 15) is 9.59 Å². The maximum Gasteiger partial charge on any atom is 0.274 e. The van der Waals surface area contributed by atoms with Gasteiger partial charge in [-0.05, 0) is 41.8 Å². The molecule has 1 aliphatic heterocycles. The van der Waals surface area contributed by atoms with E-state index in [1.54, 1.807) is 18.2 Å². The number of hydrogen-bond acceptors (Lipinski definition) is 2. The number of hydrogen-bond donors (Lipinski definition) is 2. The zero-order valence-corrected chi connectivity index (χ0v) is 15.2. The van der Waals surface area contributed by atoms with Crippen LogP contribution in [0.4, 0.5) is 17.1 Å². The van der Waals surface area contributed by atoms with Crippen LogP contribution >= 0.6 is 0 Å². The quantitative estimate of drug-likeness (QED) is 0.865. The van der Waals surface area contributed by atoms with Crippen molar-refractivity contribution in [1.29, 1.82) is 0 Å².